The predicted octanol–water partition coefficient (Wildman–Crippen LogP) is 5.06. The number of aryl methyl sites for hydroxylation is 3. The van der Waals surface area contributed by atoms with Crippen molar-refractivity contribution in [3.05, 3.63) is 59.6 Å². The second-order valence-electron chi connectivity index (χ2n) is 7.61. The Hall–Kier alpha value is -4.38. The Morgan fingerprint density at radius 2 is 1.97 bits per heavy atom. The highest BCUT2D eigenvalue weighted by molar-refractivity contribution is 6.06. The molecule has 5 rings (SSSR count). The third-order valence-corrected chi connectivity index (χ3v) is 5.53. The van der Waals surface area contributed by atoms with Gasteiger partial charge in [-0.1, -0.05) is 17.3 Å². The molecule has 0 bridgehead atoms. The predicted molar refractivity (Wildman–Crippen MR) is 122 cm³/mol. The number of ether oxygens (including phenoxy) is 1. The van der Waals surface area contributed by atoms with E-state index in [4.69, 9.17) is 9.26 Å². The van der Waals surface area contributed by atoms with Crippen LogP contribution in [0.4, 0.5) is 5.95 Å². The molecule has 0 saturated carbocycles. The van der Waals surface area contributed by atoms with Gasteiger partial charge in [-0.25, -0.2) is 4.98 Å². The summed E-state index contributed by atoms with van der Waals surface area (Å²) in [7, 11) is 1.64. The molecular weight excluding hydrogens is 404 g/mol. The summed E-state index contributed by atoms with van der Waals surface area (Å²) in [5, 5.41) is 16.9. The van der Waals surface area contributed by atoms with Crippen molar-refractivity contribution >= 4 is 27.9 Å². The van der Waals surface area contributed by atoms with Crippen LogP contribution in [-0.4, -0.2) is 26.8 Å². The summed E-state index contributed by atoms with van der Waals surface area (Å²) < 4.78 is 13.1. The topological polar surface area (TPSA) is 102 Å². The fourth-order valence-electron chi connectivity index (χ4n) is 4.17. The van der Waals surface area contributed by atoms with E-state index in [-0.39, 0.29) is 0 Å². The molecule has 0 radical (unpaired) electrons. The van der Waals surface area contributed by atoms with E-state index in [1.54, 1.807) is 13.3 Å². The van der Waals surface area contributed by atoms with Gasteiger partial charge in [-0.2, -0.15) is 5.26 Å². The number of nitriles is 1. The van der Waals surface area contributed by atoms with Gasteiger partial charge in [-0.3, -0.25) is 14.9 Å². The first-order chi connectivity index (χ1) is 15.5. The normalized spacial score (nSPS) is 11.1. The van der Waals surface area contributed by atoms with Crippen molar-refractivity contribution in [1.82, 2.24) is 19.7 Å². The number of nitrogens with one attached hydrogen (secondary N) is 1. The molecule has 2 aromatic carbocycles. The van der Waals surface area contributed by atoms with E-state index in [0.29, 0.717) is 23.0 Å². The number of hydrogen-bond acceptors (Lipinski definition) is 7. The molecule has 0 fully saturated rings. The van der Waals surface area contributed by atoms with Crippen LogP contribution in [0.3, 0.4) is 0 Å². The molecule has 0 atom stereocenters. The third kappa shape index (κ3) is 2.94. The van der Waals surface area contributed by atoms with Gasteiger partial charge in [0.25, 0.3) is 0 Å². The Bertz CT molecular complexity index is 1520. The van der Waals surface area contributed by atoms with Gasteiger partial charge in [0.15, 0.2) is 6.19 Å². The first-order valence-electron chi connectivity index (χ1n) is 10.1. The number of anilines is 1. The lowest BCUT2D eigenvalue weighted by Crippen LogP contribution is -2.02. The third-order valence-electron chi connectivity index (χ3n) is 5.53. The standard InChI is InChI=1S/C24H20N6O2/c1-13-6-5-7-16(8-13)30-23-17-10-21(31-4)18(22-14(2)29-32-15(22)3)9-19(17)26-11-20(23)28-24(30)27-12-25/h5-11H,1-4H3,(H,27,28). The summed E-state index contributed by atoms with van der Waals surface area (Å²) in [6.07, 6.45) is 3.70. The Kier molecular flexibility index (Phi) is 4.52. The quantitative estimate of drug-likeness (QED) is 0.318. The summed E-state index contributed by atoms with van der Waals surface area (Å²) in [4.78, 5) is 9.26. The van der Waals surface area contributed by atoms with E-state index >= 15 is 0 Å². The number of pyridine rings is 1. The van der Waals surface area contributed by atoms with Gasteiger partial charge in [0, 0.05) is 16.6 Å². The maximum Gasteiger partial charge on any atom is 0.222 e. The van der Waals surface area contributed by atoms with Crippen LogP contribution in [0, 0.1) is 32.2 Å². The molecular formula is C24H20N6O2. The van der Waals surface area contributed by atoms with E-state index in [9.17, 15) is 5.26 Å². The molecule has 0 aliphatic heterocycles. The molecule has 5 aromatic rings. The average molecular weight is 424 g/mol. The van der Waals surface area contributed by atoms with Crippen molar-refractivity contribution in [2.75, 3.05) is 12.4 Å². The highest BCUT2D eigenvalue weighted by Crippen LogP contribution is 2.39. The molecule has 3 aromatic heterocycles. The molecule has 32 heavy (non-hydrogen) atoms. The van der Waals surface area contributed by atoms with Crippen LogP contribution in [0.25, 0.3) is 38.8 Å². The van der Waals surface area contributed by atoms with Crippen molar-refractivity contribution in [3.63, 3.8) is 0 Å². The highest BCUT2D eigenvalue weighted by Gasteiger charge is 2.21. The molecule has 3 heterocycles. The zero-order valence-corrected chi connectivity index (χ0v) is 18.1. The number of methoxy groups -OCH3 is 1. The van der Waals surface area contributed by atoms with E-state index in [1.807, 2.05) is 67.9 Å². The van der Waals surface area contributed by atoms with Gasteiger partial charge in [-0.05, 0) is 50.6 Å². The number of fused-ring (bicyclic) bond motifs is 3. The number of benzene rings is 2. The molecule has 8 nitrogen and oxygen atoms in total. The summed E-state index contributed by atoms with van der Waals surface area (Å²) in [6.45, 7) is 5.81. The van der Waals surface area contributed by atoms with Gasteiger partial charge in [0.05, 0.1) is 35.6 Å². The van der Waals surface area contributed by atoms with Crippen LogP contribution in [0.2, 0.25) is 0 Å². The molecule has 0 aliphatic rings. The summed E-state index contributed by atoms with van der Waals surface area (Å²) in [5.74, 6) is 1.82. The van der Waals surface area contributed by atoms with Crippen LogP contribution in [0.1, 0.15) is 17.0 Å². The number of nitrogens with zero attached hydrogens (tertiary/aromatic N) is 5. The minimum Gasteiger partial charge on any atom is -0.496 e. The Labute approximate surface area is 184 Å². The molecule has 1 N–H and O–H groups in total. The Morgan fingerprint density at radius 3 is 2.66 bits per heavy atom. The first-order valence-corrected chi connectivity index (χ1v) is 10.1. The van der Waals surface area contributed by atoms with Crippen LogP contribution in [-0.2, 0) is 0 Å². The fourth-order valence-corrected chi connectivity index (χ4v) is 4.17. The maximum atomic E-state index is 9.30. The van der Waals surface area contributed by atoms with Crippen molar-refractivity contribution < 1.29 is 9.26 Å². The highest BCUT2D eigenvalue weighted by atomic mass is 16.5. The second-order valence-corrected chi connectivity index (χ2v) is 7.61. The SMILES string of the molecule is COc1cc2c(cc1-c1c(C)noc1C)ncc1nc(NC#N)n(-c3cccc(C)c3)c12. The number of hydrogen-bond donors (Lipinski definition) is 1. The van der Waals surface area contributed by atoms with Crippen LogP contribution < -0.4 is 10.1 Å². The number of imidazole rings is 1. The molecule has 158 valence electrons. The summed E-state index contributed by atoms with van der Waals surface area (Å²) in [6, 6.07) is 12.0. The molecule has 0 unspecified atom stereocenters. The van der Waals surface area contributed by atoms with Crippen molar-refractivity contribution in [2.45, 2.75) is 20.8 Å². The maximum absolute atomic E-state index is 9.30. The average Bonchev–Trinajstić information content (AvgIpc) is 3.32. The molecule has 0 spiro atoms. The first kappa shape index (κ1) is 19.6. The smallest absolute Gasteiger partial charge is 0.222 e. The fraction of sp³-hybridized carbons (Fsp3) is 0.167. The number of rotatable bonds is 4. The van der Waals surface area contributed by atoms with Gasteiger partial charge < -0.3 is 9.26 Å². The minimum atomic E-state index is 0.427. The minimum absolute atomic E-state index is 0.427. The summed E-state index contributed by atoms with van der Waals surface area (Å²) in [5.41, 5.74) is 6.81. The Balaban J connectivity index is 1.88. The monoisotopic (exact) mass is 424 g/mol. The lowest BCUT2D eigenvalue weighted by molar-refractivity contribution is 0.393. The van der Waals surface area contributed by atoms with E-state index in [2.05, 4.69) is 20.4 Å². The largest absolute Gasteiger partial charge is 0.496 e. The summed E-state index contributed by atoms with van der Waals surface area (Å²) >= 11 is 0. The second kappa shape index (κ2) is 7.39. The van der Waals surface area contributed by atoms with Gasteiger partial charge >= 0.3 is 0 Å². The van der Waals surface area contributed by atoms with Gasteiger partial charge in [0.1, 0.15) is 17.0 Å². The zero-order chi connectivity index (χ0) is 22.4. The van der Waals surface area contributed by atoms with E-state index < -0.39 is 0 Å². The van der Waals surface area contributed by atoms with Crippen LogP contribution in [0.5, 0.6) is 5.75 Å². The zero-order valence-electron chi connectivity index (χ0n) is 18.1. The number of aromatic nitrogens is 4. The van der Waals surface area contributed by atoms with E-state index in [1.165, 1.54) is 0 Å². The molecule has 8 heteroatoms. The van der Waals surface area contributed by atoms with Crippen LogP contribution >= 0.6 is 0 Å². The Morgan fingerprint density at radius 1 is 1.12 bits per heavy atom. The lowest BCUT2D eigenvalue weighted by atomic mass is 10.0. The van der Waals surface area contributed by atoms with E-state index in [0.717, 1.165) is 44.5 Å². The van der Waals surface area contributed by atoms with Crippen LogP contribution in [0.15, 0.2) is 47.1 Å². The lowest BCUT2D eigenvalue weighted by Gasteiger charge is -2.13. The molecule has 0 aliphatic carbocycles. The molecule has 0 saturated heterocycles. The molecule has 0 amide bonds. The van der Waals surface area contributed by atoms with Crippen molar-refractivity contribution in [3.8, 4) is 28.8 Å². The van der Waals surface area contributed by atoms with Crippen molar-refractivity contribution in [2.24, 2.45) is 0 Å². The van der Waals surface area contributed by atoms with Crippen molar-refractivity contribution in [1.29, 1.82) is 5.26 Å². The van der Waals surface area contributed by atoms with Gasteiger partial charge in [0.2, 0.25) is 5.95 Å². The van der Waals surface area contributed by atoms with Gasteiger partial charge in [-0.15, -0.1) is 0 Å².